The Kier molecular flexibility index (Phi) is 5.93. The standard InChI is InChI=1S/C19H17N3O6S/c1-13-10-17(21-28-13)20-18(23)12-27-19(24)14-6-5-7-15(11-14)22-29(25,26)16-8-3-2-4-9-16/h2-11,22H,12H2,1H3,(H,20,21,23). The summed E-state index contributed by atoms with van der Waals surface area (Å²) in [6.45, 7) is 1.13. The molecule has 1 amide bonds. The van der Waals surface area contributed by atoms with E-state index in [4.69, 9.17) is 9.26 Å². The molecule has 2 aromatic carbocycles. The van der Waals surface area contributed by atoms with Crippen LogP contribution in [0.2, 0.25) is 0 Å². The van der Waals surface area contributed by atoms with Crippen molar-refractivity contribution in [2.75, 3.05) is 16.6 Å². The lowest BCUT2D eigenvalue weighted by Gasteiger charge is -2.09. The summed E-state index contributed by atoms with van der Waals surface area (Å²) in [7, 11) is -3.80. The van der Waals surface area contributed by atoms with Gasteiger partial charge in [-0.1, -0.05) is 29.4 Å². The van der Waals surface area contributed by atoms with E-state index in [0.717, 1.165) is 0 Å². The van der Waals surface area contributed by atoms with Crippen LogP contribution in [0.5, 0.6) is 0 Å². The van der Waals surface area contributed by atoms with Gasteiger partial charge in [-0.15, -0.1) is 0 Å². The minimum Gasteiger partial charge on any atom is -0.452 e. The van der Waals surface area contributed by atoms with Gasteiger partial charge in [0.25, 0.3) is 15.9 Å². The number of hydrogen-bond acceptors (Lipinski definition) is 7. The maximum Gasteiger partial charge on any atom is 0.338 e. The molecule has 0 aliphatic carbocycles. The van der Waals surface area contributed by atoms with Crippen LogP contribution in [0.4, 0.5) is 11.5 Å². The average Bonchev–Trinajstić information content (AvgIpc) is 3.11. The summed E-state index contributed by atoms with van der Waals surface area (Å²) in [6.07, 6.45) is 0. The summed E-state index contributed by atoms with van der Waals surface area (Å²) in [5.74, 6) is -0.641. The van der Waals surface area contributed by atoms with Crippen molar-refractivity contribution in [3.63, 3.8) is 0 Å². The van der Waals surface area contributed by atoms with Crippen LogP contribution in [-0.2, 0) is 19.6 Å². The fourth-order valence-corrected chi connectivity index (χ4v) is 3.41. The van der Waals surface area contributed by atoms with E-state index in [1.54, 1.807) is 25.1 Å². The Morgan fingerprint density at radius 3 is 2.52 bits per heavy atom. The Labute approximate surface area is 166 Å². The number of anilines is 2. The normalized spacial score (nSPS) is 10.9. The SMILES string of the molecule is Cc1cc(NC(=O)COC(=O)c2cccc(NS(=O)(=O)c3ccccc3)c2)no1. The Hall–Kier alpha value is -3.66. The van der Waals surface area contributed by atoms with Crippen molar-refractivity contribution in [1.82, 2.24) is 5.16 Å². The first-order chi connectivity index (χ1) is 13.8. The third-order valence-corrected chi connectivity index (χ3v) is 5.03. The molecule has 0 atom stereocenters. The minimum absolute atomic E-state index is 0.0864. The molecule has 0 aliphatic rings. The third kappa shape index (κ3) is 5.42. The first-order valence-corrected chi connectivity index (χ1v) is 9.90. The zero-order valence-corrected chi connectivity index (χ0v) is 16.1. The monoisotopic (exact) mass is 415 g/mol. The molecule has 10 heteroatoms. The predicted octanol–water partition coefficient (Wildman–Crippen LogP) is 2.58. The molecular formula is C19H17N3O6S. The second-order valence-electron chi connectivity index (χ2n) is 5.95. The molecule has 2 N–H and O–H groups in total. The van der Waals surface area contributed by atoms with Gasteiger partial charge in [0.2, 0.25) is 0 Å². The molecule has 1 heterocycles. The van der Waals surface area contributed by atoms with Gasteiger partial charge in [0, 0.05) is 11.8 Å². The molecule has 0 spiro atoms. The number of nitrogens with one attached hydrogen (secondary N) is 2. The van der Waals surface area contributed by atoms with Crippen molar-refractivity contribution < 1.29 is 27.3 Å². The molecule has 3 rings (SSSR count). The quantitative estimate of drug-likeness (QED) is 0.568. The zero-order chi connectivity index (χ0) is 20.9. The Balaban J connectivity index is 1.61. The average molecular weight is 415 g/mol. The number of hydrogen-bond donors (Lipinski definition) is 2. The van der Waals surface area contributed by atoms with E-state index in [9.17, 15) is 18.0 Å². The van der Waals surface area contributed by atoms with Gasteiger partial charge in [-0.3, -0.25) is 9.52 Å². The third-order valence-electron chi connectivity index (χ3n) is 3.63. The Morgan fingerprint density at radius 1 is 1.07 bits per heavy atom. The zero-order valence-electron chi connectivity index (χ0n) is 15.3. The summed E-state index contributed by atoms with van der Waals surface area (Å²) in [5.41, 5.74) is 0.272. The number of sulfonamides is 1. The predicted molar refractivity (Wildman–Crippen MR) is 104 cm³/mol. The van der Waals surface area contributed by atoms with Gasteiger partial charge in [-0.05, 0) is 37.3 Å². The number of benzene rings is 2. The molecule has 0 fully saturated rings. The summed E-state index contributed by atoms with van der Waals surface area (Å²) in [4.78, 5) is 24.1. The van der Waals surface area contributed by atoms with Gasteiger partial charge in [0.15, 0.2) is 12.4 Å². The molecule has 0 radical (unpaired) electrons. The highest BCUT2D eigenvalue weighted by Gasteiger charge is 2.16. The van der Waals surface area contributed by atoms with Gasteiger partial charge >= 0.3 is 5.97 Å². The number of rotatable bonds is 7. The van der Waals surface area contributed by atoms with E-state index in [1.165, 1.54) is 42.5 Å². The number of carbonyl (C=O) groups is 2. The van der Waals surface area contributed by atoms with Crippen LogP contribution in [0.1, 0.15) is 16.1 Å². The van der Waals surface area contributed by atoms with Crippen molar-refractivity contribution in [2.45, 2.75) is 11.8 Å². The second kappa shape index (κ2) is 8.57. The topological polar surface area (TPSA) is 128 Å². The van der Waals surface area contributed by atoms with Crippen LogP contribution >= 0.6 is 0 Å². The smallest absolute Gasteiger partial charge is 0.338 e. The van der Waals surface area contributed by atoms with E-state index in [1.807, 2.05) is 0 Å². The van der Waals surface area contributed by atoms with Crippen LogP contribution in [0, 0.1) is 6.92 Å². The molecular weight excluding hydrogens is 398 g/mol. The molecule has 0 saturated heterocycles. The number of aryl methyl sites for hydroxylation is 1. The molecule has 0 aliphatic heterocycles. The maximum atomic E-state index is 12.4. The lowest BCUT2D eigenvalue weighted by molar-refractivity contribution is -0.119. The first-order valence-electron chi connectivity index (χ1n) is 8.42. The molecule has 0 bridgehead atoms. The summed E-state index contributed by atoms with van der Waals surface area (Å²) < 4.78 is 36.9. The Bertz CT molecular complexity index is 1130. The van der Waals surface area contributed by atoms with Crippen molar-refractivity contribution >= 4 is 33.4 Å². The highest BCUT2D eigenvalue weighted by molar-refractivity contribution is 7.92. The number of nitrogens with zero attached hydrogens (tertiary/aromatic N) is 1. The van der Waals surface area contributed by atoms with E-state index in [0.29, 0.717) is 5.76 Å². The van der Waals surface area contributed by atoms with E-state index >= 15 is 0 Å². The summed E-state index contributed by atoms with van der Waals surface area (Å²) >= 11 is 0. The van der Waals surface area contributed by atoms with Crippen molar-refractivity contribution in [1.29, 1.82) is 0 Å². The molecule has 1 aromatic heterocycles. The van der Waals surface area contributed by atoms with Gasteiger partial charge in [-0.2, -0.15) is 0 Å². The highest BCUT2D eigenvalue weighted by Crippen LogP contribution is 2.17. The second-order valence-corrected chi connectivity index (χ2v) is 7.63. The lowest BCUT2D eigenvalue weighted by atomic mass is 10.2. The Morgan fingerprint density at radius 2 is 1.83 bits per heavy atom. The summed E-state index contributed by atoms with van der Waals surface area (Å²) in [6, 6.07) is 15.1. The number of aromatic nitrogens is 1. The molecule has 3 aromatic rings. The number of amides is 1. The number of esters is 1. The molecule has 0 saturated carbocycles. The van der Waals surface area contributed by atoms with E-state index < -0.39 is 28.5 Å². The van der Waals surface area contributed by atoms with Crippen molar-refractivity contribution in [2.24, 2.45) is 0 Å². The van der Waals surface area contributed by atoms with E-state index in [2.05, 4.69) is 15.2 Å². The van der Waals surface area contributed by atoms with Crippen LogP contribution in [0.25, 0.3) is 0 Å². The molecule has 29 heavy (non-hydrogen) atoms. The highest BCUT2D eigenvalue weighted by atomic mass is 32.2. The largest absolute Gasteiger partial charge is 0.452 e. The van der Waals surface area contributed by atoms with Crippen LogP contribution < -0.4 is 10.0 Å². The number of carbonyl (C=O) groups excluding carboxylic acids is 2. The fourth-order valence-electron chi connectivity index (χ4n) is 2.34. The van der Waals surface area contributed by atoms with Crippen molar-refractivity contribution in [3.05, 3.63) is 72.0 Å². The van der Waals surface area contributed by atoms with E-state index in [-0.39, 0.29) is 22.0 Å². The van der Waals surface area contributed by atoms with Crippen molar-refractivity contribution in [3.8, 4) is 0 Å². The molecule has 0 unspecified atom stereocenters. The van der Waals surface area contributed by atoms with Crippen LogP contribution in [0.15, 0.2) is 70.1 Å². The molecule has 9 nitrogen and oxygen atoms in total. The van der Waals surface area contributed by atoms with Gasteiger partial charge in [0.05, 0.1) is 10.5 Å². The molecule has 150 valence electrons. The minimum atomic E-state index is -3.80. The van der Waals surface area contributed by atoms with Gasteiger partial charge < -0.3 is 14.6 Å². The fraction of sp³-hybridized carbons (Fsp3) is 0.105. The van der Waals surface area contributed by atoms with Gasteiger partial charge in [-0.25, -0.2) is 13.2 Å². The van der Waals surface area contributed by atoms with Crippen LogP contribution in [-0.4, -0.2) is 32.1 Å². The lowest BCUT2D eigenvalue weighted by Crippen LogP contribution is -2.21. The summed E-state index contributed by atoms with van der Waals surface area (Å²) in [5, 5.41) is 6.02. The first kappa shape index (κ1) is 20.1. The van der Waals surface area contributed by atoms with Crippen LogP contribution in [0.3, 0.4) is 0 Å². The maximum absolute atomic E-state index is 12.4. The number of ether oxygens (including phenoxy) is 1. The van der Waals surface area contributed by atoms with Gasteiger partial charge in [0.1, 0.15) is 5.76 Å².